The third kappa shape index (κ3) is 3.48. The molecule has 4 nitrogen and oxygen atoms in total. The molecule has 0 fully saturated rings. The zero-order chi connectivity index (χ0) is 13.8. The fraction of sp³-hybridized carbons (Fsp3) is 0.214. The molecule has 0 aliphatic carbocycles. The molecule has 0 saturated carbocycles. The van der Waals surface area contributed by atoms with Crippen LogP contribution in [0.2, 0.25) is 0 Å². The Bertz CT molecular complexity index is 641. The van der Waals surface area contributed by atoms with Crippen molar-refractivity contribution in [1.29, 1.82) is 0 Å². The highest BCUT2D eigenvalue weighted by molar-refractivity contribution is 7.71. The molecule has 0 aliphatic rings. The number of aromatic amines is 1. The summed E-state index contributed by atoms with van der Waals surface area (Å²) >= 11 is 4.97. The maximum Gasteiger partial charge on any atom is 0.214 e. The number of hydrogen-bond donors (Lipinski definition) is 1. The highest BCUT2D eigenvalue weighted by atomic mass is 32.1. The topological polar surface area (TPSA) is 44.8 Å². The molecule has 0 saturated heterocycles. The molecule has 0 amide bonds. The van der Waals surface area contributed by atoms with Crippen LogP contribution >= 0.6 is 12.2 Å². The van der Waals surface area contributed by atoms with Gasteiger partial charge in [0, 0.05) is 19.8 Å². The minimum atomic E-state index is 0.396. The van der Waals surface area contributed by atoms with Crippen LogP contribution in [-0.4, -0.2) is 29.3 Å². The SMILES string of the molecule is Cc1n[nH]c(=S)nc1/C=C/c1ccc(N(C)C)cc1. The van der Waals surface area contributed by atoms with Crippen LogP contribution in [0.3, 0.4) is 0 Å². The highest BCUT2D eigenvalue weighted by Gasteiger charge is 1.97. The molecule has 0 atom stereocenters. The van der Waals surface area contributed by atoms with E-state index in [0.29, 0.717) is 4.77 Å². The normalized spacial score (nSPS) is 10.9. The average Bonchev–Trinajstić information content (AvgIpc) is 2.40. The Morgan fingerprint density at radius 1 is 1.16 bits per heavy atom. The molecule has 0 unspecified atom stereocenters. The predicted molar refractivity (Wildman–Crippen MR) is 81.7 cm³/mol. The van der Waals surface area contributed by atoms with E-state index in [1.54, 1.807) is 0 Å². The Balaban J connectivity index is 2.22. The van der Waals surface area contributed by atoms with Gasteiger partial charge in [0.1, 0.15) is 0 Å². The highest BCUT2D eigenvalue weighted by Crippen LogP contribution is 2.14. The molecule has 19 heavy (non-hydrogen) atoms. The molecule has 1 aromatic carbocycles. The van der Waals surface area contributed by atoms with E-state index in [1.165, 1.54) is 5.69 Å². The van der Waals surface area contributed by atoms with Gasteiger partial charge in [0.15, 0.2) is 0 Å². The molecule has 1 heterocycles. The molecule has 0 bridgehead atoms. The summed E-state index contributed by atoms with van der Waals surface area (Å²) in [4.78, 5) is 6.30. The van der Waals surface area contributed by atoms with Crippen LogP contribution < -0.4 is 4.90 Å². The maximum absolute atomic E-state index is 4.97. The van der Waals surface area contributed by atoms with Gasteiger partial charge in [-0.25, -0.2) is 4.98 Å². The summed E-state index contributed by atoms with van der Waals surface area (Å²) in [5.41, 5.74) is 3.91. The van der Waals surface area contributed by atoms with Gasteiger partial charge < -0.3 is 4.90 Å². The number of aryl methyl sites for hydroxylation is 1. The standard InChI is InChI=1S/C14H16N4S/c1-10-13(15-14(19)17-16-10)9-6-11-4-7-12(8-5-11)18(2)3/h4-9H,1-3H3,(H,15,17,19)/b9-6+. The van der Waals surface area contributed by atoms with Crippen molar-refractivity contribution in [2.24, 2.45) is 0 Å². The summed E-state index contributed by atoms with van der Waals surface area (Å²) in [6.07, 6.45) is 3.93. The van der Waals surface area contributed by atoms with Gasteiger partial charge in [0.05, 0.1) is 11.4 Å². The van der Waals surface area contributed by atoms with E-state index in [0.717, 1.165) is 17.0 Å². The van der Waals surface area contributed by atoms with Crippen LogP contribution in [0.4, 0.5) is 5.69 Å². The fourth-order valence-corrected chi connectivity index (χ4v) is 1.76. The fourth-order valence-electron chi connectivity index (χ4n) is 1.62. The van der Waals surface area contributed by atoms with Crippen molar-refractivity contribution < 1.29 is 0 Å². The first kappa shape index (κ1) is 13.4. The van der Waals surface area contributed by atoms with Gasteiger partial charge in [-0.2, -0.15) is 5.10 Å². The van der Waals surface area contributed by atoms with Crippen molar-refractivity contribution in [3.8, 4) is 0 Å². The molecule has 5 heteroatoms. The number of hydrogen-bond acceptors (Lipinski definition) is 4. The zero-order valence-electron chi connectivity index (χ0n) is 11.2. The molecule has 1 aromatic heterocycles. The minimum Gasteiger partial charge on any atom is -0.378 e. The second kappa shape index (κ2) is 5.75. The number of aromatic nitrogens is 3. The lowest BCUT2D eigenvalue weighted by molar-refractivity contribution is 0.900. The van der Waals surface area contributed by atoms with E-state index in [2.05, 4.69) is 44.3 Å². The molecule has 98 valence electrons. The van der Waals surface area contributed by atoms with Crippen molar-refractivity contribution in [2.75, 3.05) is 19.0 Å². The molecular formula is C14H16N4S. The lowest BCUT2D eigenvalue weighted by Gasteiger charge is -2.11. The second-order valence-electron chi connectivity index (χ2n) is 4.43. The van der Waals surface area contributed by atoms with Gasteiger partial charge in [-0.15, -0.1) is 0 Å². The Kier molecular flexibility index (Phi) is 4.06. The summed E-state index contributed by atoms with van der Waals surface area (Å²) in [6.45, 7) is 1.90. The Hall–Kier alpha value is -2.01. The van der Waals surface area contributed by atoms with E-state index in [-0.39, 0.29) is 0 Å². The van der Waals surface area contributed by atoms with Crippen molar-refractivity contribution in [3.05, 3.63) is 46.0 Å². The van der Waals surface area contributed by atoms with Crippen LogP contribution in [-0.2, 0) is 0 Å². The molecule has 0 spiro atoms. The summed E-state index contributed by atoms with van der Waals surface area (Å²) in [5, 5.41) is 6.75. The molecular weight excluding hydrogens is 256 g/mol. The second-order valence-corrected chi connectivity index (χ2v) is 4.82. The van der Waals surface area contributed by atoms with Crippen LogP contribution in [0, 0.1) is 11.7 Å². The van der Waals surface area contributed by atoms with E-state index in [1.807, 2.05) is 33.2 Å². The molecule has 2 aromatic rings. The number of H-pyrrole nitrogens is 1. The first-order valence-electron chi connectivity index (χ1n) is 5.95. The molecule has 2 rings (SSSR count). The first-order chi connectivity index (χ1) is 9.06. The molecule has 0 aliphatic heterocycles. The van der Waals surface area contributed by atoms with Gasteiger partial charge in [0.2, 0.25) is 4.77 Å². The van der Waals surface area contributed by atoms with Crippen LogP contribution in [0.15, 0.2) is 24.3 Å². The average molecular weight is 272 g/mol. The van der Waals surface area contributed by atoms with Crippen LogP contribution in [0.1, 0.15) is 17.0 Å². The van der Waals surface area contributed by atoms with Crippen molar-refractivity contribution >= 4 is 30.1 Å². The largest absolute Gasteiger partial charge is 0.378 e. The Labute approximate surface area is 117 Å². The lowest BCUT2D eigenvalue weighted by Crippen LogP contribution is -2.07. The van der Waals surface area contributed by atoms with Gasteiger partial charge >= 0.3 is 0 Å². The number of anilines is 1. The van der Waals surface area contributed by atoms with E-state index >= 15 is 0 Å². The van der Waals surface area contributed by atoms with Gasteiger partial charge in [-0.05, 0) is 42.9 Å². The zero-order valence-corrected chi connectivity index (χ0v) is 12.0. The Morgan fingerprint density at radius 2 is 1.84 bits per heavy atom. The lowest BCUT2D eigenvalue weighted by atomic mass is 10.1. The number of nitrogens with one attached hydrogen (secondary N) is 1. The third-order valence-corrected chi connectivity index (χ3v) is 2.94. The first-order valence-corrected chi connectivity index (χ1v) is 6.36. The summed E-state index contributed by atoms with van der Waals surface area (Å²) in [7, 11) is 4.05. The predicted octanol–water partition coefficient (Wildman–Crippen LogP) is 3.08. The summed E-state index contributed by atoms with van der Waals surface area (Å²) in [6, 6.07) is 8.29. The molecule has 1 N–H and O–H groups in total. The third-order valence-electron chi connectivity index (χ3n) is 2.76. The summed E-state index contributed by atoms with van der Waals surface area (Å²) in [5.74, 6) is 0. The minimum absolute atomic E-state index is 0.396. The smallest absolute Gasteiger partial charge is 0.214 e. The maximum atomic E-state index is 4.97. The van der Waals surface area contributed by atoms with Crippen molar-refractivity contribution in [1.82, 2.24) is 15.2 Å². The van der Waals surface area contributed by atoms with Gasteiger partial charge in [-0.3, -0.25) is 5.10 Å². The van der Waals surface area contributed by atoms with Crippen molar-refractivity contribution in [3.63, 3.8) is 0 Å². The Morgan fingerprint density at radius 3 is 2.47 bits per heavy atom. The number of nitrogens with zero attached hydrogens (tertiary/aromatic N) is 3. The van der Waals surface area contributed by atoms with Gasteiger partial charge in [0.25, 0.3) is 0 Å². The number of benzene rings is 1. The van der Waals surface area contributed by atoms with E-state index in [4.69, 9.17) is 12.2 Å². The van der Waals surface area contributed by atoms with E-state index < -0.39 is 0 Å². The monoisotopic (exact) mass is 272 g/mol. The summed E-state index contributed by atoms with van der Waals surface area (Å²) < 4.78 is 0.396. The van der Waals surface area contributed by atoms with Crippen molar-refractivity contribution in [2.45, 2.75) is 6.92 Å². The van der Waals surface area contributed by atoms with Crippen LogP contribution in [0.25, 0.3) is 12.2 Å². The molecule has 0 radical (unpaired) electrons. The van der Waals surface area contributed by atoms with Gasteiger partial charge in [-0.1, -0.05) is 18.2 Å². The quantitative estimate of drug-likeness (QED) is 0.872. The van der Waals surface area contributed by atoms with E-state index in [9.17, 15) is 0 Å². The number of rotatable bonds is 3. The van der Waals surface area contributed by atoms with Crippen LogP contribution in [0.5, 0.6) is 0 Å².